The Balaban J connectivity index is 1.48. The summed E-state index contributed by atoms with van der Waals surface area (Å²) in [6, 6.07) is 9.58. The Morgan fingerprint density at radius 3 is 2.58 bits per heavy atom. The normalized spacial score (nSPS) is 21.0. The number of ether oxygens (including phenoxy) is 2. The van der Waals surface area contributed by atoms with Gasteiger partial charge in [0.2, 0.25) is 11.8 Å². The quantitative estimate of drug-likeness (QED) is 0.642. The highest BCUT2D eigenvalue weighted by Gasteiger charge is 2.41. The van der Waals surface area contributed by atoms with E-state index in [4.69, 9.17) is 9.47 Å². The smallest absolute Gasteiger partial charge is 0.227 e. The summed E-state index contributed by atoms with van der Waals surface area (Å²) in [4.78, 5) is 34.0. The number of rotatable bonds is 7. The molecule has 8 heteroatoms. The van der Waals surface area contributed by atoms with Gasteiger partial charge in [0.05, 0.1) is 26.2 Å². The first-order valence-corrected chi connectivity index (χ1v) is 11.4. The van der Waals surface area contributed by atoms with Gasteiger partial charge in [0.25, 0.3) is 0 Å². The molecule has 33 heavy (non-hydrogen) atoms. The van der Waals surface area contributed by atoms with Gasteiger partial charge in [0.15, 0.2) is 0 Å². The predicted octanol–water partition coefficient (Wildman–Crippen LogP) is 2.70. The molecule has 176 valence electrons. The zero-order chi connectivity index (χ0) is 23.1. The van der Waals surface area contributed by atoms with Crippen molar-refractivity contribution in [1.82, 2.24) is 14.8 Å². The number of nitrogens with zero attached hydrogens (tertiary/aromatic N) is 3. The van der Waals surface area contributed by atoms with Crippen LogP contribution < -0.4 is 4.74 Å². The summed E-state index contributed by atoms with van der Waals surface area (Å²) in [5, 5.41) is 0. The molecule has 1 unspecified atom stereocenters. The van der Waals surface area contributed by atoms with E-state index in [0.717, 1.165) is 18.4 Å². The Kier molecular flexibility index (Phi) is 7.54. The van der Waals surface area contributed by atoms with Gasteiger partial charge in [-0.15, -0.1) is 0 Å². The standard InChI is InChI=1S/C25H30FN3O4/c26-21-4-6-22(7-5-21)33-19-25(16-24(31)28-11-13-32-14-12-28)8-2-10-29(18-25)23(30)15-20-3-1-9-27-17-20/h1,3-7,9,17H,2,8,10-16,18-19H2. The highest BCUT2D eigenvalue weighted by Crippen LogP contribution is 2.35. The van der Waals surface area contributed by atoms with Crippen molar-refractivity contribution in [3.8, 4) is 5.75 Å². The number of carbonyl (C=O) groups is 2. The van der Waals surface area contributed by atoms with E-state index >= 15 is 0 Å². The number of hydrogen-bond acceptors (Lipinski definition) is 5. The van der Waals surface area contributed by atoms with Crippen LogP contribution in [0.25, 0.3) is 0 Å². The van der Waals surface area contributed by atoms with Crippen LogP contribution in [0.4, 0.5) is 4.39 Å². The van der Waals surface area contributed by atoms with Gasteiger partial charge < -0.3 is 19.3 Å². The van der Waals surface area contributed by atoms with Crippen molar-refractivity contribution < 1.29 is 23.5 Å². The summed E-state index contributed by atoms with van der Waals surface area (Å²) < 4.78 is 24.7. The van der Waals surface area contributed by atoms with Gasteiger partial charge in [-0.25, -0.2) is 4.39 Å². The van der Waals surface area contributed by atoms with Crippen LogP contribution in [-0.4, -0.2) is 72.6 Å². The van der Waals surface area contributed by atoms with Crippen molar-refractivity contribution >= 4 is 11.8 Å². The molecule has 0 radical (unpaired) electrons. The molecule has 2 amide bonds. The third-order valence-corrected chi connectivity index (χ3v) is 6.34. The molecule has 2 aromatic rings. The number of likely N-dealkylation sites (tertiary alicyclic amines) is 1. The predicted molar refractivity (Wildman–Crippen MR) is 120 cm³/mol. The third kappa shape index (κ3) is 6.28. The number of aromatic nitrogens is 1. The lowest BCUT2D eigenvalue weighted by Gasteiger charge is -2.43. The molecule has 2 aliphatic heterocycles. The maximum atomic E-state index is 13.3. The minimum atomic E-state index is -0.507. The molecule has 0 aliphatic carbocycles. The van der Waals surface area contributed by atoms with Crippen molar-refractivity contribution in [2.45, 2.75) is 25.7 Å². The molecule has 2 aliphatic rings. The maximum absolute atomic E-state index is 13.3. The Bertz CT molecular complexity index is 934. The van der Waals surface area contributed by atoms with Crippen molar-refractivity contribution in [2.24, 2.45) is 5.41 Å². The summed E-state index contributed by atoms with van der Waals surface area (Å²) in [5.74, 6) is 0.299. The molecule has 0 spiro atoms. The monoisotopic (exact) mass is 455 g/mol. The lowest BCUT2D eigenvalue weighted by Crippen LogP contribution is -2.52. The highest BCUT2D eigenvalue weighted by molar-refractivity contribution is 5.80. The first-order chi connectivity index (χ1) is 16.0. The fraction of sp³-hybridized carbons (Fsp3) is 0.480. The summed E-state index contributed by atoms with van der Waals surface area (Å²) in [6.07, 6.45) is 5.53. The number of amides is 2. The number of piperidine rings is 1. The van der Waals surface area contributed by atoms with Crippen molar-refractivity contribution in [3.63, 3.8) is 0 Å². The third-order valence-electron chi connectivity index (χ3n) is 6.34. The molecule has 1 atom stereocenters. The van der Waals surface area contributed by atoms with Gasteiger partial charge >= 0.3 is 0 Å². The van der Waals surface area contributed by atoms with Crippen LogP contribution in [0.3, 0.4) is 0 Å². The topological polar surface area (TPSA) is 72.0 Å². The zero-order valence-electron chi connectivity index (χ0n) is 18.7. The lowest BCUT2D eigenvalue weighted by atomic mass is 9.77. The number of pyridine rings is 1. The van der Waals surface area contributed by atoms with Crippen molar-refractivity contribution in [3.05, 3.63) is 60.2 Å². The van der Waals surface area contributed by atoms with Crippen LogP contribution in [0.2, 0.25) is 0 Å². The van der Waals surface area contributed by atoms with Crippen LogP contribution >= 0.6 is 0 Å². The van der Waals surface area contributed by atoms with Gasteiger partial charge in [0.1, 0.15) is 11.6 Å². The summed E-state index contributed by atoms with van der Waals surface area (Å²) in [6.45, 7) is 3.63. The SMILES string of the molecule is O=C(CC1(COc2ccc(F)cc2)CCCN(C(=O)Cc2cccnc2)C1)N1CCOCC1. The molecular formula is C25H30FN3O4. The minimum absolute atomic E-state index is 0.0210. The zero-order valence-corrected chi connectivity index (χ0v) is 18.7. The molecule has 0 bridgehead atoms. The molecule has 4 rings (SSSR count). The first kappa shape index (κ1) is 23.2. The molecular weight excluding hydrogens is 425 g/mol. The van der Waals surface area contributed by atoms with E-state index in [0.29, 0.717) is 51.6 Å². The van der Waals surface area contributed by atoms with Crippen molar-refractivity contribution in [1.29, 1.82) is 0 Å². The van der Waals surface area contributed by atoms with Crippen LogP contribution in [0.15, 0.2) is 48.8 Å². The van der Waals surface area contributed by atoms with Gasteiger partial charge in [-0.05, 0) is 48.7 Å². The second-order valence-corrected chi connectivity index (χ2v) is 8.87. The summed E-state index contributed by atoms with van der Waals surface area (Å²) >= 11 is 0. The number of carbonyl (C=O) groups excluding carboxylic acids is 2. The average molecular weight is 456 g/mol. The van der Waals surface area contributed by atoms with Gasteiger partial charge in [-0.1, -0.05) is 6.07 Å². The van der Waals surface area contributed by atoms with E-state index in [9.17, 15) is 14.0 Å². The maximum Gasteiger partial charge on any atom is 0.227 e. The number of hydrogen-bond donors (Lipinski definition) is 0. The molecule has 1 aromatic heterocycles. The molecule has 1 aromatic carbocycles. The Morgan fingerprint density at radius 2 is 1.85 bits per heavy atom. The fourth-order valence-electron chi connectivity index (χ4n) is 4.54. The number of benzene rings is 1. The average Bonchev–Trinajstić information content (AvgIpc) is 2.85. The summed E-state index contributed by atoms with van der Waals surface area (Å²) in [5.41, 5.74) is 0.359. The van der Waals surface area contributed by atoms with Gasteiger partial charge in [-0.3, -0.25) is 14.6 Å². The van der Waals surface area contributed by atoms with Crippen LogP contribution in [0.1, 0.15) is 24.8 Å². The molecule has 7 nitrogen and oxygen atoms in total. The lowest BCUT2D eigenvalue weighted by molar-refractivity contribution is -0.143. The fourth-order valence-corrected chi connectivity index (χ4v) is 4.54. The molecule has 3 heterocycles. The van der Waals surface area contributed by atoms with Crippen LogP contribution in [-0.2, 0) is 20.7 Å². The Morgan fingerprint density at radius 1 is 1.06 bits per heavy atom. The molecule has 0 saturated carbocycles. The first-order valence-electron chi connectivity index (χ1n) is 11.4. The van der Waals surface area contributed by atoms with E-state index in [-0.39, 0.29) is 30.7 Å². The van der Waals surface area contributed by atoms with Gasteiger partial charge in [0, 0.05) is 50.4 Å². The molecule has 2 fully saturated rings. The van der Waals surface area contributed by atoms with Crippen molar-refractivity contribution in [2.75, 3.05) is 46.0 Å². The summed E-state index contributed by atoms with van der Waals surface area (Å²) in [7, 11) is 0. The molecule has 0 N–H and O–H groups in total. The van der Waals surface area contributed by atoms with Crippen LogP contribution in [0.5, 0.6) is 5.75 Å². The Labute approximate surface area is 193 Å². The van der Waals surface area contributed by atoms with E-state index in [1.807, 2.05) is 21.9 Å². The second-order valence-electron chi connectivity index (χ2n) is 8.87. The van der Waals surface area contributed by atoms with E-state index in [1.54, 1.807) is 24.5 Å². The van der Waals surface area contributed by atoms with E-state index in [1.165, 1.54) is 12.1 Å². The second kappa shape index (κ2) is 10.7. The molecule has 2 saturated heterocycles. The van der Waals surface area contributed by atoms with Crippen LogP contribution in [0, 0.1) is 11.2 Å². The largest absolute Gasteiger partial charge is 0.493 e. The Hall–Kier alpha value is -3.00. The van der Waals surface area contributed by atoms with E-state index < -0.39 is 5.41 Å². The highest BCUT2D eigenvalue weighted by atomic mass is 19.1. The number of halogens is 1. The minimum Gasteiger partial charge on any atom is -0.493 e. The number of morpholine rings is 1. The van der Waals surface area contributed by atoms with E-state index in [2.05, 4.69) is 4.98 Å². The van der Waals surface area contributed by atoms with Gasteiger partial charge in [-0.2, -0.15) is 0 Å².